The number of anilines is 4. The van der Waals surface area contributed by atoms with Gasteiger partial charge in [-0.25, -0.2) is 8.72 Å². The second-order valence-corrected chi connectivity index (χ2v) is 10.2. The van der Waals surface area contributed by atoms with Crippen LogP contribution in [0.1, 0.15) is 12.6 Å². The number of fused-ring (bicyclic) bond motifs is 1. The molecule has 0 radical (unpaired) electrons. The first-order valence-electron chi connectivity index (χ1n) is 11.8. The third-order valence-electron chi connectivity index (χ3n) is 6.32. The first kappa shape index (κ1) is 26.2. The van der Waals surface area contributed by atoms with E-state index in [0.717, 1.165) is 48.7 Å². The Hall–Kier alpha value is -3.91. The van der Waals surface area contributed by atoms with E-state index in [2.05, 4.69) is 68.4 Å². The maximum Gasteiger partial charge on any atom is 0.247 e. The van der Waals surface area contributed by atoms with Gasteiger partial charge < -0.3 is 20.6 Å². The van der Waals surface area contributed by atoms with Crippen LogP contribution in [0, 0.1) is 11.8 Å². The smallest absolute Gasteiger partial charge is 0.247 e. The Bertz CT molecular complexity index is 1460. The summed E-state index contributed by atoms with van der Waals surface area (Å²) in [7, 11) is 2.82. The molecular weight excluding hydrogens is 486 g/mol. The molecule has 37 heavy (non-hydrogen) atoms. The molecule has 194 valence electrons. The highest BCUT2D eigenvalue weighted by molar-refractivity contribution is 7.85. The lowest BCUT2D eigenvalue weighted by Crippen LogP contribution is -2.44. The Morgan fingerprint density at radius 2 is 1.65 bits per heavy atom. The molecule has 1 aliphatic heterocycles. The topological polar surface area (TPSA) is 101 Å². The summed E-state index contributed by atoms with van der Waals surface area (Å²) >= 11 is 0. The monoisotopic (exact) mass is 519 g/mol. The number of nitrogens with zero attached hydrogens (tertiary/aromatic N) is 6. The molecule has 9 nitrogen and oxygen atoms in total. The number of piperazine rings is 1. The predicted molar refractivity (Wildman–Crippen MR) is 153 cm³/mol. The molecule has 1 unspecified atom stereocenters. The third-order valence-corrected chi connectivity index (χ3v) is 7.28. The SMILES string of the molecule is CN1CCN(c2ccc(Nc3nc4c(C#Cc5ccccc5N(C)S(C)=O)cccn4n3)cc2)CC1.O.[HH]. The summed E-state index contributed by atoms with van der Waals surface area (Å²) in [6.45, 7) is 4.24. The average molecular weight is 520 g/mol. The number of rotatable bonds is 5. The Balaban J connectivity index is 0.00000200. The second-order valence-electron chi connectivity index (χ2n) is 8.78. The van der Waals surface area contributed by atoms with Crippen molar-refractivity contribution in [3.05, 3.63) is 78.0 Å². The van der Waals surface area contributed by atoms with Gasteiger partial charge in [0.2, 0.25) is 5.95 Å². The van der Waals surface area contributed by atoms with Crippen LogP contribution >= 0.6 is 0 Å². The molecule has 0 saturated carbocycles. The van der Waals surface area contributed by atoms with Gasteiger partial charge >= 0.3 is 0 Å². The van der Waals surface area contributed by atoms with E-state index in [-0.39, 0.29) is 6.90 Å². The van der Waals surface area contributed by atoms with Gasteiger partial charge in [0.15, 0.2) is 5.65 Å². The fraction of sp³-hybridized carbons (Fsp3) is 0.259. The minimum atomic E-state index is -1.14. The zero-order chi connectivity index (χ0) is 25.1. The third kappa shape index (κ3) is 5.91. The number of pyridine rings is 1. The number of benzene rings is 2. The van der Waals surface area contributed by atoms with E-state index >= 15 is 0 Å². The van der Waals surface area contributed by atoms with Crippen molar-refractivity contribution in [3.8, 4) is 11.8 Å². The zero-order valence-corrected chi connectivity index (χ0v) is 22.0. The fourth-order valence-electron chi connectivity index (χ4n) is 4.13. The lowest BCUT2D eigenvalue weighted by molar-refractivity contribution is 0.313. The molecule has 10 heteroatoms. The molecule has 4 aromatic rings. The lowest BCUT2D eigenvalue weighted by atomic mass is 10.1. The van der Waals surface area contributed by atoms with Crippen molar-refractivity contribution >= 4 is 39.6 Å². The van der Waals surface area contributed by atoms with Crippen molar-refractivity contribution in [2.24, 2.45) is 0 Å². The summed E-state index contributed by atoms with van der Waals surface area (Å²) < 4.78 is 15.4. The van der Waals surface area contributed by atoms with E-state index in [1.807, 2.05) is 42.6 Å². The van der Waals surface area contributed by atoms with Crippen molar-refractivity contribution in [2.75, 3.05) is 61.1 Å². The summed E-state index contributed by atoms with van der Waals surface area (Å²) in [5.74, 6) is 6.96. The maximum absolute atomic E-state index is 12.0. The Labute approximate surface area is 221 Å². The molecule has 1 saturated heterocycles. The molecule has 5 rings (SSSR count). The molecule has 0 spiro atoms. The van der Waals surface area contributed by atoms with Gasteiger partial charge in [-0.15, -0.1) is 5.10 Å². The normalized spacial score (nSPS) is 14.4. The van der Waals surface area contributed by atoms with Crippen LogP contribution in [0.4, 0.5) is 23.0 Å². The highest BCUT2D eigenvalue weighted by Gasteiger charge is 2.14. The molecule has 1 fully saturated rings. The molecule has 1 atom stereocenters. The van der Waals surface area contributed by atoms with E-state index in [1.165, 1.54) is 5.69 Å². The van der Waals surface area contributed by atoms with Crippen LogP contribution < -0.4 is 14.5 Å². The number of para-hydroxylation sites is 1. The number of hydrogen-bond acceptors (Lipinski definition) is 6. The maximum atomic E-state index is 12.0. The van der Waals surface area contributed by atoms with E-state index in [9.17, 15) is 4.21 Å². The Kier molecular flexibility index (Phi) is 8.08. The second kappa shape index (κ2) is 11.4. The van der Waals surface area contributed by atoms with Gasteiger partial charge in [0.25, 0.3) is 0 Å². The summed E-state index contributed by atoms with van der Waals surface area (Å²) in [5.41, 5.74) is 5.22. The molecule has 2 aromatic heterocycles. The summed E-state index contributed by atoms with van der Waals surface area (Å²) in [6.07, 6.45) is 3.51. The largest absolute Gasteiger partial charge is 0.412 e. The summed E-state index contributed by atoms with van der Waals surface area (Å²) in [4.78, 5) is 9.45. The lowest BCUT2D eigenvalue weighted by Gasteiger charge is -2.34. The molecule has 0 aliphatic carbocycles. The van der Waals surface area contributed by atoms with E-state index < -0.39 is 11.0 Å². The Morgan fingerprint density at radius 1 is 0.973 bits per heavy atom. The minimum Gasteiger partial charge on any atom is -0.412 e. The van der Waals surface area contributed by atoms with E-state index in [0.29, 0.717) is 11.6 Å². The number of likely N-dealkylation sites (N-methyl/N-ethyl adjacent to an activating group) is 1. The summed E-state index contributed by atoms with van der Waals surface area (Å²) in [5, 5.41) is 7.89. The van der Waals surface area contributed by atoms with Crippen molar-refractivity contribution in [1.29, 1.82) is 0 Å². The van der Waals surface area contributed by atoms with Gasteiger partial charge in [0.1, 0.15) is 11.0 Å². The minimum absolute atomic E-state index is 0. The summed E-state index contributed by atoms with van der Waals surface area (Å²) in [6, 6.07) is 19.9. The number of nitrogens with one attached hydrogen (secondary N) is 1. The van der Waals surface area contributed by atoms with Gasteiger partial charge in [-0.2, -0.15) is 4.98 Å². The number of aromatic nitrogens is 3. The zero-order valence-electron chi connectivity index (χ0n) is 21.2. The van der Waals surface area contributed by atoms with Crippen molar-refractivity contribution < 1.29 is 11.1 Å². The molecular formula is C27H33N7O2S. The van der Waals surface area contributed by atoms with Crippen LogP contribution in [0.3, 0.4) is 0 Å². The van der Waals surface area contributed by atoms with Crippen LogP contribution in [0.2, 0.25) is 0 Å². The van der Waals surface area contributed by atoms with Crippen molar-refractivity contribution in [2.45, 2.75) is 0 Å². The quantitative estimate of drug-likeness (QED) is 0.407. The molecule has 3 N–H and O–H groups in total. The molecule has 1 aliphatic rings. The molecule has 2 aromatic carbocycles. The molecule has 0 bridgehead atoms. The van der Waals surface area contributed by atoms with Gasteiger partial charge in [-0.05, 0) is 55.6 Å². The van der Waals surface area contributed by atoms with Crippen LogP contribution in [-0.2, 0) is 11.0 Å². The van der Waals surface area contributed by atoms with Gasteiger partial charge in [-0.1, -0.05) is 24.0 Å². The van der Waals surface area contributed by atoms with E-state index in [4.69, 9.17) is 0 Å². The van der Waals surface area contributed by atoms with E-state index in [1.54, 1.807) is 22.1 Å². The van der Waals surface area contributed by atoms with Crippen LogP contribution in [-0.4, -0.2) is 75.7 Å². The standard InChI is InChI=1S/C27H29N7OS.H2O.H2/c1-31-17-19-33(20-18-31)24-14-12-23(13-15-24)28-27-29-26-22(8-6-16-34(26)30-27)11-10-21-7-4-5-9-25(21)32(2)36(3)35;;/h4-9,12-16H,17-20H2,1-3H3,(H,28,30);1H2;1H. The highest BCUT2D eigenvalue weighted by Crippen LogP contribution is 2.22. The van der Waals surface area contributed by atoms with Crippen LogP contribution in [0.15, 0.2) is 66.9 Å². The highest BCUT2D eigenvalue weighted by atomic mass is 32.2. The van der Waals surface area contributed by atoms with Crippen LogP contribution in [0.25, 0.3) is 5.65 Å². The first-order chi connectivity index (χ1) is 17.5. The van der Waals surface area contributed by atoms with Crippen molar-refractivity contribution in [1.82, 2.24) is 19.5 Å². The van der Waals surface area contributed by atoms with Crippen molar-refractivity contribution in [3.63, 3.8) is 0 Å². The Morgan fingerprint density at radius 3 is 2.38 bits per heavy atom. The van der Waals surface area contributed by atoms with Gasteiger partial charge in [0, 0.05) is 64.0 Å². The average Bonchev–Trinajstić information content (AvgIpc) is 3.31. The first-order valence-corrected chi connectivity index (χ1v) is 13.3. The number of hydrogen-bond donors (Lipinski definition) is 1. The molecule has 0 amide bonds. The predicted octanol–water partition coefficient (Wildman–Crippen LogP) is 2.78. The van der Waals surface area contributed by atoms with Gasteiger partial charge in [-0.3, -0.25) is 4.31 Å². The van der Waals surface area contributed by atoms with Crippen LogP contribution in [0.5, 0.6) is 0 Å². The van der Waals surface area contributed by atoms with Gasteiger partial charge in [0.05, 0.1) is 11.3 Å². The molecule has 3 heterocycles. The fourth-order valence-corrected chi connectivity index (χ4v) is 4.57.